The van der Waals surface area contributed by atoms with Crippen molar-refractivity contribution in [2.24, 2.45) is 0 Å². The summed E-state index contributed by atoms with van der Waals surface area (Å²) in [5.74, 6) is 1.19. The molecule has 0 saturated heterocycles. The van der Waals surface area contributed by atoms with Gasteiger partial charge < -0.3 is 4.74 Å². The van der Waals surface area contributed by atoms with Gasteiger partial charge in [0.15, 0.2) is 0 Å². The smallest absolute Gasteiger partial charge is 0.225 e. The van der Waals surface area contributed by atoms with Crippen LogP contribution in [0.25, 0.3) is 0 Å². The van der Waals surface area contributed by atoms with Gasteiger partial charge >= 0.3 is 0 Å². The number of hydrogen-bond acceptors (Lipinski definition) is 4. The summed E-state index contributed by atoms with van der Waals surface area (Å²) >= 11 is 7.44. The van der Waals surface area contributed by atoms with Crippen LogP contribution in [0, 0.1) is 6.92 Å². The summed E-state index contributed by atoms with van der Waals surface area (Å²) in [5.41, 5.74) is 0.778. The second-order valence-corrected chi connectivity index (χ2v) is 4.61. The molecule has 88 valence electrons. The number of aromatic nitrogens is 2. The highest BCUT2D eigenvalue weighted by Gasteiger charge is 2.02. The van der Waals surface area contributed by atoms with Crippen LogP contribution in [0.4, 0.5) is 0 Å². The largest absolute Gasteiger partial charge is 0.439 e. The molecular formula is C12H11ClN2OS. The molecule has 17 heavy (non-hydrogen) atoms. The van der Waals surface area contributed by atoms with Crippen molar-refractivity contribution in [2.45, 2.75) is 11.8 Å². The van der Waals surface area contributed by atoms with Crippen molar-refractivity contribution in [2.75, 3.05) is 6.26 Å². The number of benzene rings is 1. The fraction of sp³-hybridized carbons (Fsp3) is 0.167. The Kier molecular flexibility index (Phi) is 3.86. The van der Waals surface area contributed by atoms with Crippen LogP contribution in [0.2, 0.25) is 5.28 Å². The Morgan fingerprint density at radius 3 is 2.47 bits per heavy atom. The van der Waals surface area contributed by atoms with Crippen molar-refractivity contribution >= 4 is 23.4 Å². The molecule has 0 fully saturated rings. The summed E-state index contributed by atoms with van der Waals surface area (Å²) in [6.07, 6.45) is 2.03. The molecule has 0 aliphatic rings. The van der Waals surface area contributed by atoms with Crippen LogP contribution in [0.3, 0.4) is 0 Å². The first-order chi connectivity index (χ1) is 8.17. The summed E-state index contributed by atoms with van der Waals surface area (Å²) in [5, 5.41) is 0.195. The molecule has 0 spiro atoms. The lowest BCUT2D eigenvalue weighted by atomic mass is 10.3. The van der Waals surface area contributed by atoms with Crippen LogP contribution < -0.4 is 4.74 Å². The SMILES string of the molecule is CSc1ccc(Oc2cc(C)nc(Cl)n2)cc1. The molecule has 0 saturated carbocycles. The number of aryl methyl sites for hydroxylation is 1. The van der Waals surface area contributed by atoms with Crippen LogP contribution in [0.1, 0.15) is 5.69 Å². The minimum Gasteiger partial charge on any atom is -0.439 e. The molecule has 0 aliphatic carbocycles. The van der Waals surface area contributed by atoms with E-state index in [1.54, 1.807) is 17.8 Å². The third kappa shape index (κ3) is 3.35. The topological polar surface area (TPSA) is 35.0 Å². The Morgan fingerprint density at radius 2 is 1.88 bits per heavy atom. The van der Waals surface area contributed by atoms with Crippen LogP contribution in [0.15, 0.2) is 35.2 Å². The number of rotatable bonds is 3. The molecule has 1 aromatic carbocycles. The molecule has 2 rings (SSSR count). The van der Waals surface area contributed by atoms with Crippen LogP contribution in [0.5, 0.6) is 11.6 Å². The first-order valence-electron chi connectivity index (χ1n) is 5.00. The quantitative estimate of drug-likeness (QED) is 0.622. The zero-order valence-corrected chi connectivity index (χ0v) is 11.0. The maximum Gasteiger partial charge on any atom is 0.225 e. The number of thioether (sulfide) groups is 1. The van der Waals surface area contributed by atoms with Gasteiger partial charge in [-0.1, -0.05) is 0 Å². The molecular weight excluding hydrogens is 256 g/mol. The second-order valence-electron chi connectivity index (χ2n) is 3.39. The number of halogens is 1. The number of hydrogen-bond donors (Lipinski definition) is 0. The molecule has 3 nitrogen and oxygen atoms in total. The molecule has 0 amide bonds. The average Bonchev–Trinajstić information content (AvgIpc) is 2.28. The summed E-state index contributed by atoms with van der Waals surface area (Å²) < 4.78 is 5.59. The van der Waals surface area contributed by atoms with E-state index in [0.29, 0.717) is 5.88 Å². The lowest BCUT2D eigenvalue weighted by molar-refractivity contribution is 0.460. The van der Waals surface area contributed by atoms with Crippen molar-refractivity contribution in [1.82, 2.24) is 9.97 Å². The molecule has 0 N–H and O–H groups in total. The van der Waals surface area contributed by atoms with E-state index < -0.39 is 0 Å². The summed E-state index contributed by atoms with van der Waals surface area (Å²) in [6.45, 7) is 1.84. The Morgan fingerprint density at radius 1 is 1.18 bits per heavy atom. The van der Waals surface area contributed by atoms with Crippen molar-refractivity contribution < 1.29 is 4.74 Å². The Bertz CT molecular complexity index is 496. The zero-order valence-electron chi connectivity index (χ0n) is 9.48. The molecule has 0 atom stereocenters. The molecule has 0 aliphatic heterocycles. The van der Waals surface area contributed by atoms with E-state index in [1.807, 2.05) is 37.4 Å². The van der Waals surface area contributed by atoms with Gasteiger partial charge in [-0.3, -0.25) is 0 Å². The van der Waals surface area contributed by atoms with Gasteiger partial charge in [-0.2, -0.15) is 4.98 Å². The molecule has 5 heteroatoms. The number of ether oxygens (including phenoxy) is 1. The van der Waals surface area contributed by atoms with E-state index in [1.165, 1.54) is 4.90 Å². The van der Waals surface area contributed by atoms with Gasteiger partial charge in [0.2, 0.25) is 11.2 Å². The van der Waals surface area contributed by atoms with Crippen molar-refractivity contribution in [3.05, 3.63) is 41.3 Å². The van der Waals surface area contributed by atoms with Crippen molar-refractivity contribution in [3.63, 3.8) is 0 Å². The predicted molar refractivity (Wildman–Crippen MR) is 70.1 cm³/mol. The highest BCUT2D eigenvalue weighted by Crippen LogP contribution is 2.23. The van der Waals surface area contributed by atoms with Gasteiger partial charge in [-0.05, 0) is 49.0 Å². The highest BCUT2D eigenvalue weighted by molar-refractivity contribution is 7.98. The first kappa shape index (κ1) is 12.2. The van der Waals surface area contributed by atoms with E-state index in [9.17, 15) is 0 Å². The fourth-order valence-corrected chi connectivity index (χ4v) is 1.95. The van der Waals surface area contributed by atoms with E-state index in [4.69, 9.17) is 16.3 Å². The van der Waals surface area contributed by atoms with Crippen LogP contribution in [-0.4, -0.2) is 16.2 Å². The Hall–Kier alpha value is -1.26. The molecule has 0 bridgehead atoms. The summed E-state index contributed by atoms with van der Waals surface area (Å²) in [7, 11) is 0. The second kappa shape index (κ2) is 5.38. The van der Waals surface area contributed by atoms with E-state index >= 15 is 0 Å². The Balaban J connectivity index is 2.19. The zero-order chi connectivity index (χ0) is 12.3. The average molecular weight is 267 g/mol. The van der Waals surface area contributed by atoms with Crippen molar-refractivity contribution in [1.29, 1.82) is 0 Å². The summed E-state index contributed by atoms with van der Waals surface area (Å²) in [4.78, 5) is 9.16. The minimum atomic E-state index is 0.195. The van der Waals surface area contributed by atoms with Crippen LogP contribution >= 0.6 is 23.4 Å². The van der Waals surface area contributed by atoms with E-state index in [-0.39, 0.29) is 5.28 Å². The molecule has 1 heterocycles. The van der Waals surface area contributed by atoms with Crippen molar-refractivity contribution in [3.8, 4) is 11.6 Å². The monoisotopic (exact) mass is 266 g/mol. The van der Waals surface area contributed by atoms with Gasteiger partial charge in [0.25, 0.3) is 0 Å². The fourth-order valence-electron chi connectivity index (χ4n) is 1.32. The molecule has 0 unspecified atom stereocenters. The van der Waals surface area contributed by atoms with E-state index in [2.05, 4.69) is 9.97 Å². The molecule has 0 radical (unpaired) electrons. The van der Waals surface area contributed by atoms with Gasteiger partial charge in [-0.15, -0.1) is 11.8 Å². The standard InChI is InChI=1S/C12H11ClN2OS/c1-8-7-11(15-12(13)14-8)16-9-3-5-10(17-2)6-4-9/h3-7H,1-2H3. The Labute approximate surface area is 109 Å². The lowest BCUT2D eigenvalue weighted by Crippen LogP contribution is -1.92. The van der Waals surface area contributed by atoms with E-state index in [0.717, 1.165) is 11.4 Å². The maximum absolute atomic E-state index is 5.76. The van der Waals surface area contributed by atoms with Gasteiger partial charge in [0, 0.05) is 16.7 Å². The van der Waals surface area contributed by atoms with Gasteiger partial charge in [0.05, 0.1) is 0 Å². The first-order valence-corrected chi connectivity index (χ1v) is 6.61. The van der Waals surface area contributed by atoms with Gasteiger partial charge in [0.1, 0.15) is 5.75 Å². The third-order valence-electron chi connectivity index (χ3n) is 2.09. The lowest BCUT2D eigenvalue weighted by Gasteiger charge is -2.06. The van der Waals surface area contributed by atoms with Gasteiger partial charge in [-0.25, -0.2) is 4.98 Å². The highest BCUT2D eigenvalue weighted by atomic mass is 35.5. The number of nitrogens with zero attached hydrogens (tertiary/aromatic N) is 2. The predicted octanol–water partition coefficient (Wildman–Crippen LogP) is 3.95. The minimum absolute atomic E-state index is 0.195. The summed E-state index contributed by atoms with van der Waals surface area (Å²) in [6, 6.07) is 9.54. The molecule has 1 aromatic heterocycles. The maximum atomic E-state index is 5.76. The molecule has 2 aromatic rings. The normalized spacial score (nSPS) is 10.3. The third-order valence-corrected chi connectivity index (χ3v) is 3.00. The van der Waals surface area contributed by atoms with Crippen LogP contribution in [-0.2, 0) is 0 Å².